The van der Waals surface area contributed by atoms with Gasteiger partial charge in [0.25, 0.3) is 10.0 Å². The Kier molecular flexibility index (Phi) is 3.42. The van der Waals surface area contributed by atoms with Crippen LogP contribution in [0.4, 0.5) is 0 Å². The van der Waals surface area contributed by atoms with Crippen LogP contribution in [0.1, 0.15) is 0 Å². The van der Waals surface area contributed by atoms with Crippen LogP contribution in [-0.2, 0) is 10.0 Å². The summed E-state index contributed by atoms with van der Waals surface area (Å²) in [5.41, 5.74) is 3.16. The van der Waals surface area contributed by atoms with Gasteiger partial charge in [0.2, 0.25) is 0 Å². The number of pyridine rings is 1. The van der Waals surface area contributed by atoms with E-state index in [-0.39, 0.29) is 4.90 Å². The van der Waals surface area contributed by atoms with Gasteiger partial charge < -0.3 is 4.98 Å². The molecule has 0 saturated heterocycles. The second kappa shape index (κ2) is 5.82. The lowest BCUT2D eigenvalue weighted by Crippen LogP contribution is -2.11. The summed E-state index contributed by atoms with van der Waals surface area (Å²) in [5, 5.41) is 1.85. The van der Waals surface area contributed by atoms with E-state index in [1.165, 1.54) is 3.97 Å². The summed E-state index contributed by atoms with van der Waals surface area (Å²) < 4.78 is 27.8. The van der Waals surface area contributed by atoms with Gasteiger partial charge in [-0.15, -0.1) is 0 Å². The molecule has 132 valence electrons. The van der Waals surface area contributed by atoms with Gasteiger partial charge in [-0.3, -0.25) is 0 Å². The molecule has 0 bridgehead atoms. The summed E-state index contributed by atoms with van der Waals surface area (Å²) in [6, 6.07) is 19.9. The van der Waals surface area contributed by atoms with E-state index in [0.717, 1.165) is 27.5 Å². The SMILES string of the molecule is O=S(=O)(c1ccccc1)n1cc(-c2cnc3[nH]ccc3c2)c2ccccc21. The van der Waals surface area contributed by atoms with Crippen molar-refractivity contribution in [2.24, 2.45) is 0 Å². The Balaban J connectivity index is 1.78. The van der Waals surface area contributed by atoms with E-state index in [2.05, 4.69) is 9.97 Å². The highest BCUT2D eigenvalue weighted by Gasteiger charge is 2.21. The van der Waals surface area contributed by atoms with Crippen LogP contribution >= 0.6 is 0 Å². The fourth-order valence-electron chi connectivity index (χ4n) is 3.37. The molecule has 0 amide bonds. The number of nitrogens with zero attached hydrogens (tertiary/aromatic N) is 2. The lowest BCUT2D eigenvalue weighted by molar-refractivity contribution is 0.589. The van der Waals surface area contributed by atoms with Crippen molar-refractivity contribution in [1.82, 2.24) is 13.9 Å². The fraction of sp³-hybridized carbons (Fsp3) is 0. The number of benzene rings is 2. The number of H-pyrrole nitrogens is 1. The maximum absolute atomic E-state index is 13.2. The van der Waals surface area contributed by atoms with Crippen LogP contribution in [0.25, 0.3) is 33.1 Å². The molecule has 3 heterocycles. The van der Waals surface area contributed by atoms with Crippen molar-refractivity contribution in [1.29, 1.82) is 0 Å². The quantitative estimate of drug-likeness (QED) is 0.509. The predicted molar refractivity (Wildman–Crippen MR) is 106 cm³/mol. The molecule has 6 heteroatoms. The Morgan fingerprint density at radius 1 is 0.926 bits per heavy atom. The van der Waals surface area contributed by atoms with Gasteiger partial charge in [0, 0.05) is 40.5 Å². The van der Waals surface area contributed by atoms with Crippen LogP contribution in [0.3, 0.4) is 0 Å². The van der Waals surface area contributed by atoms with Crippen LogP contribution in [0.15, 0.2) is 90.2 Å². The third-order valence-corrected chi connectivity index (χ3v) is 6.38. The Hall–Kier alpha value is -3.38. The zero-order valence-corrected chi connectivity index (χ0v) is 15.0. The number of aromatic nitrogens is 3. The molecule has 0 saturated carbocycles. The van der Waals surface area contributed by atoms with Gasteiger partial charge in [0.05, 0.1) is 10.4 Å². The molecule has 0 aliphatic rings. The molecule has 0 radical (unpaired) electrons. The largest absolute Gasteiger partial charge is 0.346 e. The minimum absolute atomic E-state index is 0.261. The van der Waals surface area contributed by atoms with Gasteiger partial charge >= 0.3 is 0 Å². The normalized spacial score (nSPS) is 12.0. The molecule has 0 spiro atoms. The molecule has 0 aliphatic carbocycles. The molecular formula is C21H15N3O2S. The zero-order valence-electron chi connectivity index (χ0n) is 14.2. The van der Waals surface area contributed by atoms with E-state index in [1.54, 1.807) is 42.7 Å². The number of fused-ring (bicyclic) bond motifs is 2. The highest BCUT2D eigenvalue weighted by molar-refractivity contribution is 7.90. The van der Waals surface area contributed by atoms with Gasteiger partial charge in [0.15, 0.2) is 0 Å². The van der Waals surface area contributed by atoms with Crippen LogP contribution in [-0.4, -0.2) is 22.4 Å². The van der Waals surface area contributed by atoms with Crippen LogP contribution < -0.4 is 0 Å². The summed E-state index contributed by atoms with van der Waals surface area (Å²) >= 11 is 0. The van der Waals surface area contributed by atoms with Crippen LogP contribution in [0.5, 0.6) is 0 Å². The summed E-state index contributed by atoms with van der Waals surface area (Å²) in [4.78, 5) is 7.77. The van der Waals surface area contributed by atoms with Crippen LogP contribution in [0, 0.1) is 0 Å². The van der Waals surface area contributed by atoms with Crippen LogP contribution in [0.2, 0.25) is 0 Å². The fourth-order valence-corrected chi connectivity index (χ4v) is 4.76. The zero-order chi connectivity index (χ0) is 18.4. The van der Waals surface area contributed by atoms with Crippen molar-refractivity contribution in [3.8, 4) is 11.1 Å². The molecule has 0 aliphatic heterocycles. The molecular weight excluding hydrogens is 358 g/mol. The first-order valence-corrected chi connectivity index (χ1v) is 9.93. The number of nitrogens with one attached hydrogen (secondary N) is 1. The molecule has 2 aromatic carbocycles. The van der Waals surface area contributed by atoms with Gasteiger partial charge in [-0.25, -0.2) is 17.4 Å². The lowest BCUT2D eigenvalue weighted by atomic mass is 10.1. The van der Waals surface area contributed by atoms with E-state index >= 15 is 0 Å². The summed E-state index contributed by atoms with van der Waals surface area (Å²) in [6.07, 6.45) is 5.28. The van der Waals surface area contributed by atoms with Crippen molar-refractivity contribution >= 4 is 32.0 Å². The molecule has 1 N–H and O–H groups in total. The van der Waals surface area contributed by atoms with Gasteiger partial charge in [-0.2, -0.15) is 0 Å². The Bertz CT molecular complexity index is 1380. The molecule has 3 aromatic heterocycles. The molecule has 27 heavy (non-hydrogen) atoms. The van der Waals surface area contributed by atoms with E-state index in [1.807, 2.05) is 42.6 Å². The highest BCUT2D eigenvalue weighted by atomic mass is 32.2. The van der Waals surface area contributed by atoms with E-state index in [4.69, 9.17) is 0 Å². The number of hydrogen-bond acceptors (Lipinski definition) is 3. The minimum atomic E-state index is -3.69. The molecule has 0 atom stereocenters. The summed E-state index contributed by atoms with van der Waals surface area (Å²) in [5.74, 6) is 0. The van der Waals surface area contributed by atoms with E-state index in [9.17, 15) is 8.42 Å². The first kappa shape index (κ1) is 15.8. The van der Waals surface area contributed by atoms with Crippen molar-refractivity contribution in [2.75, 3.05) is 0 Å². The van der Waals surface area contributed by atoms with E-state index < -0.39 is 10.0 Å². The van der Waals surface area contributed by atoms with Gasteiger partial charge in [-0.05, 0) is 30.3 Å². The maximum atomic E-state index is 13.2. The molecule has 5 aromatic rings. The minimum Gasteiger partial charge on any atom is -0.346 e. The molecule has 5 rings (SSSR count). The number of aromatic amines is 1. The number of rotatable bonds is 3. The van der Waals surface area contributed by atoms with Crippen molar-refractivity contribution in [2.45, 2.75) is 4.90 Å². The smallest absolute Gasteiger partial charge is 0.268 e. The van der Waals surface area contributed by atoms with Crippen molar-refractivity contribution in [3.05, 3.63) is 85.3 Å². The van der Waals surface area contributed by atoms with Crippen molar-refractivity contribution < 1.29 is 8.42 Å². The van der Waals surface area contributed by atoms with E-state index in [0.29, 0.717) is 5.52 Å². The number of para-hydroxylation sites is 1. The topological polar surface area (TPSA) is 67.8 Å². The first-order valence-electron chi connectivity index (χ1n) is 8.49. The maximum Gasteiger partial charge on any atom is 0.268 e. The average Bonchev–Trinajstić information content (AvgIpc) is 3.33. The van der Waals surface area contributed by atoms with Gasteiger partial charge in [-0.1, -0.05) is 36.4 Å². The predicted octanol–water partition coefficient (Wildman–Crippen LogP) is 4.42. The summed E-state index contributed by atoms with van der Waals surface area (Å²) in [7, 11) is -3.69. The first-order chi connectivity index (χ1) is 13.1. The summed E-state index contributed by atoms with van der Waals surface area (Å²) in [6.45, 7) is 0. The molecule has 0 unspecified atom stereocenters. The Labute approximate surface area is 156 Å². The van der Waals surface area contributed by atoms with Crippen molar-refractivity contribution in [3.63, 3.8) is 0 Å². The second-order valence-corrected chi connectivity index (χ2v) is 8.13. The third-order valence-electron chi connectivity index (χ3n) is 4.69. The highest BCUT2D eigenvalue weighted by Crippen LogP contribution is 2.33. The average molecular weight is 373 g/mol. The second-order valence-electron chi connectivity index (χ2n) is 6.31. The number of hydrogen-bond donors (Lipinski definition) is 1. The monoisotopic (exact) mass is 373 g/mol. The molecule has 0 fully saturated rings. The van der Waals surface area contributed by atoms with Gasteiger partial charge in [0.1, 0.15) is 5.65 Å². The molecule has 5 nitrogen and oxygen atoms in total. The Morgan fingerprint density at radius 2 is 1.70 bits per heavy atom. The standard InChI is InChI=1S/C21H15N3O2S/c25-27(26,17-6-2-1-3-7-17)24-14-19(18-8-4-5-9-20(18)24)16-12-15-10-11-22-21(15)23-13-16/h1-14H,(H,22,23). The third kappa shape index (κ3) is 2.45. The Morgan fingerprint density at radius 3 is 2.56 bits per heavy atom. The lowest BCUT2D eigenvalue weighted by Gasteiger charge is -2.07.